The van der Waals surface area contributed by atoms with Gasteiger partial charge in [0.05, 0.1) is 8.07 Å². The largest absolute Gasteiger partial charge is 0.305 e. The summed E-state index contributed by atoms with van der Waals surface area (Å²) in [5.74, 6) is 0. The van der Waals surface area contributed by atoms with Crippen molar-refractivity contribution >= 4 is 13.3 Å². The van der Waals surface area contributed by atoms with Crippen molar-refractivity contribution < 1.29 is 20.1 Å². The molecule has 4 heteroatoms. The van der Waals surface area contributed by atoms with Crippen molar-refractivity contribution in [3.05, 3.63) is 138 Å². The van der Waals surface area contributed by atoms with Gasteiger partial charge in [0.15, 0.2) is 0 Å². The molecule has 5 rings (SSSR count). The van der Waals surface area contributed by atoms with Crippen LogP contribution in [0.3, 0.4) is 0 Å². The third-order valence-electron chi connectivity index (χ3n) is 6.94. The Bertz CT molecular complexity index is 1540. The van der Waals surface area contributed by atoms with Gasteiger partial charge in [0.1, 0.15) is 0 Å². The normalized spacial score (nSPS) is 11.2. The van der Waals surface area contributed by atoms with Gasteiger partial charge in [-0.05, 0) is 52.9 Å². The number of hydrogen-bond donors (Lipinski definition) is 0. The quantitative estimate of drug-likeness (QED) is 0.128. The van der Waals surface area contributed by atoms with Crippen LogP contribution in [0.1, 0.15) is 43.0 Å². The first-order chi connectivity index (χ1) is 19.5. The number of aryl methyl sites for hydroxylation is 1. The molecule has 0 fully saturated rings. The molecule has 0 aliphatic heterocycles. The second-order valence-corrected chi connectivity index (χ2v) is 18.0. The van der Waals surface area contributed by atoms with Crippen LogP contribution in [0.2, 0.25) is 19.6 Å². The number of hydrogen-bond acceptors (Lipinski definition) is 2. The van der Waals surface area contributed by atoms with Crippen LogP contribution < -0.4 is 5.19 Å². The molecule has 2 nitrogen and oxygen atoms in total. The molecule has 5 aromatic rings. The Balaban J connectivity index is 0.000000232. The molecule has 0 saturated heterocycles. The predicted octanol–water partition coefficient (Wildman–Crippen LogP) is 9.13. The van der Waals surface area contributed by atoms with Gasteiger partial charge in [-0.25, -0.2) is 0 Å². The zero-order chi connectivity index (χ0) is 29.5. The molecule has 0 aliphatic rings. The summed E-state index contributed by atoms with van der Waals surface area (Å²) in [6.07, 6.45) is 6.10. The van der Waals surface area contributed by atoms with Crippen molar-refractivity contribution in [2.75, 3.05) is 0 Å². The van der Waals surface area contributed by atoms with E-state index < -0.39 is 8.07 Å². The minimum Gasteiger partial charge on any atom is -0.305 e. The summed E-state index contributed by atoms with van der Waals surface area (Å²) in [6, 6.07) is 37.7. The van der Waals surface area contributed by atoms with Crippen molar-refractivity contribution in [3.8, 4) is 22.5 Å². The second kappa shape index (κ2) is 14.8. The summed E-state index contributed by atoms with van der Waals surface area (Å²) in [6.45, 7) is 16.1. The van der Waals surface area contributed by atoms with Crippen LogP contribution in [0, 0.1) is 24.5 Å². The number of pyridine rings is 2. The maximum absolute atomic E-state index is 4.72. The molecule has 219 valence electrons. The van der Waals surface area contributed by atoms with Crippen LogP contribution in [-0.2, 0) is 32.9 Å². The molecule has 0 atom stereocenters. The van der Waals surface area contributed by atoms with E-state index in [4.69, 9.17) is 4.98 Å². The van der Waals surface area contributed by atoms with Crippen LogP contribution in [0.5, 0.6) is 0 Å². The van der Waals surface area contributed by atoms with Gasteiger partial charge in [0.2, 0.25) is 0 Å². The maximum atomic E-state index is 4.72. The summed E-state index contributed by atoms with van der Waals surface area (Å²) in [4.78, 5) is 9.23. The Kier molecular flexibility index (Phi) is 11.8. The standard InChI is InChI=1S/C21H22NSi.C17H20N.Ir/c1-23(2,3)21-16-22-20(18-12-8-5-9-13-18)15-19(21)14-17-10-6-4-7-11-17;1-13-12-18-16(14-8-6-5-7-9-14)10-15(13)11-17(2,3)4;/h4-12,15-16H,14H2,1-3H3;5-8,10,12H,11H2,1-4H3;/q2*-1;. The summed E-state index contributed by atoms with van der Waals surface area (Å²) < 4.78 is 0. The first kappa shape index (κ1) is 33.3. The average Bonchev–Trinajstić information content (AvgIpc) is 2.95. The molecule has 0 aliphatic carbocycles. The van der Waals surface area contributed by atoms with Gasteiger partial charge in [-0.15, -0.1) is 71.8 Å². The number of benzene rings is 3. The van der Waals surface area contributed by atoms with Crippen LogP contribution >= 0.6 is 0 Å². The third kappa shape index (κ3) is 9.69. The fraction of sp³-hybridized carbons (Fsp3) is 0.263. The van der Waals surface area contributed by atoms with Gasteiger partial charge in [-0.2, -0.15) is 0 Å². The smallest absolute Gasteiger partial charge is 0.0799 e. The van der Waals surface area contributed by atoms with Gasteiger partial charge in [0, 0.05) is 32.5 Å². The van der Waals surface area contributed by atoms with Gasteiger partial charge >= 0.3 is 0 Å². The Morgan fingerprint density at radius 2 is 1.21 bits per heavy atom. The topological polar surface area (TPSA) is 25.8 Å². The summed E-state index contributed by atoms with van der Waals surface area (Å²) in [7, 11) is -1.43. The molecule has 0 spiro atoms. The van der Waals surface area contributed by atoms with E-state index in [0.29, 0.717) is 5.41 Å². The molecule has 2 aromatic heterocycles. The van der Waals surface area contributed by atoms with Crippen LogP contribution in [0.15, 0.2) is 103 Å². The summed E-state index contributed by atoms with van der Waals surface area (Å²) in [5, 5.41) is 1.45. The van der Waals surface area contributed by atoms with Crippen molar-refractivity contribution in [3.63, 3.8) is 0 Å². The summed E-state index contributed by atoms with van der Waals surface area (Å²) >= 11 is 0. The predicted molar refractivity (Wildman–Crippen MR) is 177 cm³/mol. The van der Waals surface area contributed by atoms with E-state index in [2.05, 4.69) is 125 Å². The van der Waals surface area contributed by atoms with E-state index in [1.807, 2.05) is 42.6 Å². The Morgan fingerprint density at radius 3 is 1.71 bits per heavy atom. The molecular weight excluding hydrogens is 705 g/mol. The molecule has 3 aromatic carbocycles. The van der Waals surface area contributed by atoms with Crippen LogP contribution in [0.4, 0.5) is 0 Å². The molecule has 0 saturated carbocycles. The van der Waals surface area contributed by atoms with Gasteiger partial charge in [-0.3, -0.25) is 0 Å². The zero-order valence-electron chi connectivity index (χ0n) is 26.0. The molecular formula is C38H42IrN2Si-2. The minimum atomic E-state index is -1.43. The SMILES string of the molecule is C[Si](C)(C)c1cnc(-c2[c-]cccc2)cc1Cc1ccccc1.Cc1cnc(-c2[c-]cccc2)cc1CC(C)(C)C.[Ir]. The molecule has 2 heterocycles. The Morgan fingerprint density at radius 1 is 0.690 bits per heavy atom. The Hall–Kier alpha value is -3.17. The van der Waals surface area contributed by atoms with Crippen molar-refractivity contribution in [2.24, 2.45) is 5.41 Å². The zero-order valence-corrected chi connectivity index (χ0v) is 29.4. The van der Waals surface area contributed by atoms with E-state index >= 15 is 0 Å². The number of rotatable bonds is 6. The minimum absolute atomic E-state index is 0. The summed E-state index contributed by atoms with van der Waals surface area (Å²) in [5.41, 5.74) is 9.84. The van der Waals surface area contributed by atoms with Crippen LogP contribution in [0.25, 0.3) is 22.5 Å². The fourth-order valence-corrected chi connectivity index (χ4v) is 6.44. The van der Waals surface area contributed by atoms with E-state index in [1.165, 1.54) is 27.4 Å². The van der Waals surface area contributed by atoms with Crippen LogP contribution in [-0.4, -0.2) is 18.0 Å². The van der Waals surface area contributed by atoms with Crippen molar-refractivity contribution in [1.82, 2.24) is 9.97 Å². The monoisotopic (exact) mass is 747 g/mol. The van der Waals surface area contributed by atoms with E-state index in [9.17, 15) is 0 Å². The number of aromatic nitrogens is 2. The van der Waals surface area contributed by atoms with E-state index in [-0.39, 0.29) is 20.1 Å². The Labute approximate surface area is 268 Å². The number of nitrogens with zero attached hydrogens (tertiary/aromatic N) is 2. The first-order valence-corrected chi connectivity index (χ1v) is 17.9. The maximum Gasteiger partial charge on any atom is 0.0799 e. The molecule has 42 heavy (non-hydrogen) atoms. The van der Waals surface area contributed by atoms with Crippen molar-refractivity contribution in [1.29, 1.82) is 0 Å². The van der Waals surface area contributed by atoms with Gasteiger partial charge in [-0.1, -0.05) is 94.0 Å². The van der Waals surface area contributed by atoms with E-state index in [0.717, 1.165) is 35.4 Å². The molecule has 0 unspecified atom stereocenters. The molecule has 1 radical (unpaired) electrons. The fourth-order valence-electron chi connectivity index (χ4n) is 4.86. The first-order valence-electron chi connectivity index (χ1n) is 14.4. The molecule has 0 amide bonds. The van der Waals surface area contributed by atoms with Gasteiger partial charge in [0.25, 0.3) is 0 Å². The molecule has 0 bridgehead atoms. The van der Waals surface area contributed by atoms with Gasteiger partial charge < -0.3 is 9.97 Å². The third-order valence-corrected chi connectivity index (χ3v) is 9.01. The van der Waals surface area contributed by atoms with E-state index in [1.54, 1.807) is 0 Å². The average molecular weight is 747 g/mol. The van der Waals surface area contributed by atoms with Crippen molar-refractivity contribution in [2.45, 2.75) is 60.2 Å². The molecule has 0 N–H and O–H groups in total. The second-order valence-electron chi connectivity index (χ2n) is 12.9.